The topological polar surface area (TPSA) is 76.4 Å². The van der Waals surface area contributed by atoms with Crippen LogP contribution in [0.1, 0.15) is 64.1 Å². The van der Waals surface area contributed by atoms with Gasteiger partial charge in [-0.05, 0) is 58.4 Å². The van der Waals surface area contributed by atoms with Crippen LogP contribution in [0.15, 0.2) is 36.5 Å². The molecule has 1 saturated heterocycles. The number of hydrogen-bond donors (Lipinski definition) is 0. The van der Waals surface area contributed by atoms with Gasteiger partial charge in [0, 0.05) is 48.7 Å². The number of amides is 1. The molecule has 1 fully saturated rings. The standard InChI is InChI=1S/C31H34Cl2N6O2S/c1-18-14-19(2)27-23(15-18)25(8-13-41-27)39-17-26(35-36-39)31(4,5)38-11-9-37(10-12-38)30(40)28-20(3)34-29(42-28)22-7-6-21(32)16-24(22)33/h6-7,14-17,25H,8-13H2,1-5H3/t25-/m1/s1. The van der Waals surface area contributed by atoms with Crippen LogP contribution in [0.3, 0.4) is 0 Å². The molecule has 0 saturated carbocycles. The Morgan fingerprint density at radius 3 is 2.57 bits per heavy atom. The van der Waals surface area contributed by atoms with Crippen LogP contribution in [0.25, 0.3) is 10.6 Å². The number of rotatable bonds is 5. The molecule has 6 rings (SSSR count). The monoisotopic (exact) mass is 624 g/mol. The third-order valence-corrected chi connectivity index (χ3v) is 10.1. The molecule has 4 aromatic rings. The highest BCUT2D eigenvalue weighted by Crippen LogP contribution is 2.39. The van der Waals surface area contributed by atoms with E-state index >= 15 is 0 Å². The van der Waals surface area contributed by atoms with E-state index in [2.05, 4.69) is 66.2 Å². The van der Waals surface area contributed by atoms with Gasteiger partial charge in [0.05, 0.1) is 35.1 Å². The Balaban J connectivity index is 1.15. The van der Waals surface area contributed by atoms with Crippen LogP contribution in [0.5, 0.6) is 5.75 Å². The van der Waals surface area contributed by atoms with Crippen LogP contribution >= 0.6 is 34.5 Å². The summed E-state index contributed by atoms with van der Waals surface area (Å²) in [5, 5.41) is 11.0. The summed E-state index contributed by atoms with van der Waals surface area (Å²) in [5.41, 5.74) is 5.60. The maximum absolute atomic E-state index is 13.5. The van der Waals surface area contributed by atoms with Crippen LogP contribution < -0.4 is 4.74 Å². The van der Waals surface area contributed by atoms with Crippen molar-refractivity contribution in [1.29, 1.82) is 0 Å². The predicted octanol–water partition coefficient (Wildman–Crippen LogP) is 6.70. The number of hydrogen-bond acceptors (Lipinski definition) is 7. The zero-order valence-corrected chi connectivity index (χ0v) is 26.8. The van der Waals surface area contributed by atoms with Crippen molar-refractivity contribution in [3.8, 4) is 16.3 Å². The van der Waals surface area contributed by atoms with Crippen molar-refractivity contribution in [2.24, 2.45) is 0 Å². The molecule has 2 aliphatic heterocycles. The molecule has 2 aromatic carbocycles. The average molecular weight is 626 g/mol. The first-order valence-corrected chi connectivity index (χ1v) is 15.7. The maximum atomic E-state index is 13.5. The molecule has 0 spiro atoms. The van der Waals surface area contributed by atoms with Gasteiger partial charge in [-0.3, -0.25) is 9.69 Å². The molecule has 1 amide bonds. The van der Waals surface area contributed by atoms with Gasteiger partial charge in [-0.15, -0.1) is 16.4 Å². The van der Waals surface area contributed by atoms with Crippen molar-refractivity contribution >= 4 is 40.4 Å². The van der Waals surface area contributed by atoms with E-state index < -0.39 is 0 Å². The molecule has 11 heteroatoms. The molecule has 42 heavy (non-hydrogen) atoms. The van der Waals surface area contributed by atoms with E-state index in [1.54, 1.807) is 12.1 Å². The Labute approximate surface area is 260 Å². The van der Waals surface area contributed by atoms with Crippen LogP contribution in [0, 0.1) is 20.8 Å². The molecule has 2 aliphatic rings. The smallest absolute Gasteiger partial charge is 0.265 e. The van der Waals surface area contributed by atoms with Gasteiger partial charge in [-0.2, -0.15) is 0 Å². The minimum Gasteiger partial charge on any atom is -0.493 e. The van der Waals surface area contributed by atoms with Crippen molar-refractivity contribution in [1.82, 2.24) is 29.8 Å². The molecule has 220 valence electrons. The normalized spacial score (nSPS) is 17.7. The summed E-state index contributed by atoms with van der Waals surface area (Å²) in [6.07, 6.45) is 2.93. The van der Waals surface area contributed by atoms with Gasteiger partial charge in [0.15, 0.2) is 0 Å². The van der Waals surface area contributed by atoms with Gasteiger partial charge in [0.1, 0.15) is 21.3 Å². The zero-order valence-electron chi connectivity index (χ0n) is 24.4. The first-order valence-electron chi connectivity index (χ1n) is 14.2. The van der Waals surface area contributed by atoms with Gasteiger partial charge in [0.25, 0.3) is 5.91 Å². The summed E-state index contributed by atoms with van der Waals surface area (Å²) in [5.74, 6) is 0.974. The molecule has 0 aliphatic carbocycles. The van der Waals surface area contributed by atoms with Crippen molar-refractivity contribution in [2.75, 3.05) is 32.8 Å². The number of ether oxygens (including phenoxy) is 1. The number of piperazine rings is 1. The summed E-state index contributed by atoms with van der Waals surface area (Å²) < 4.78 is 8.01. The number of carbonyl (C=O) groups excluding carboxylic acids is 1. The fraction of sp³-hybridized carbons (Fsp3) is 0.419. The van der Waals surface area contributed by atoms with Gasteiger partial charge < -0.3 is 9.64 Å². The van der Waals surface area contributed by atoms with Crippen LogP contribution in [0.2, 0.25) is 10.0 Å². The highest BCUT2D eigenvalue weighted by atomic mass is 35.5. The Bertz CT molecular complexity index is 1660. The molecular weight excluding hydrogens is 591 g/mol. The second-order valence-electron chi connectivity index (χ2n) is 11.6. The Hall–Kier alpha value is -2.98. The SMILES string of the molecule is Cc1cc(C)c2c(c1)[C@H](n1cc(C(C)(C)N3CCN(C(=O)c4sc(-c5ccc(Cl)cc5Cl)nc4C)CC3)nn1)CCO2. The summed E-state index contributed by atoms with van der Waals surface area (Å²) in [7, 11) is 0. The summed E-state index contributed by atoms with van der Waals surface area (Å²) >= 11 is 13.8. The highest BCUT2D eigenvalue weighted by molar-refractivity contribution is 7.17. The van der Waals surface area contributed by atoms with Gasteiger partial charge >= 0.3 is 0 Å². The van der Waals surface area contributed by atoms with Gasteiger partial charge in [-0.1, -0.05) is 46.1 Å². The van der Waals surface area contributed by atoms with Crippen LogP contribution in [-0.4, -0.2) is 68.5 Å². The van der Waals surface area contributed by atoms with Crippen LogP contribution in [0.4, 0.5) is 0 Å². The number of benzene rings is 2. The minimum absolute atomic E-state index is 0.00788. The number of fused-ring (bicyclic) bond motifs is 1. The molecule has 0 unspecified atom stereocenters. The lowest BCUT2D eigenvalue weighted by Gasteiger charge is -2.43. The molecule has 0 N–H and O–H groups in total. The summed E-state index contributed by atoms with van der Waals surface area (Å²) in [4.78, 5) is 23.1. The molecular formula is C31H34Cl2N6O2S. The molecule has 1 atom stereocenters. The zero-order chi connectivity index (χ0) is 29.8. The number of halogens is 2. The Morgan fingerprint density at radius 1 is 1.07 bits per heavy atom. The first-order chi connectivity index (χ1) is 20.0. The molecule has 2 aromatic heterocycles. The molecule has 8 nitrogen and oxygen atoms in total. The van der Waals surface area contributed by atoms with E-state index in [0.29, 0.717) is 40.3 Å². The fourth-order valence-electron chi connectivity index (χ4n) is 5.99. The lowest BCUT2D eigenvalue weighted by Crippen LogP contribution is -2.54. The largest absolute Gasteiger partial charge is 0.493 e. The summed E-state index contributed by atoms with van der Waals surface area (Å²) in [6.45, 7) is 13.8. The maximum Gasteiger partial charge on any atom is 0.265 e. The number of aryl methyl sites for hydroxylation is 3. The number of nitrogens with zero attached hydrogens (tertiary/aromatic N) is 6. The van der Waals surface area contributed by atoms with E-state index in [0.717, 1.165) is 47.1 Å². The number of aromatic nitrogens is 4. The quantitative estimate of drug-likeness (QED) is 0.246. The highest BCUT2D eigenvalue weighted by Gasteiger charge is 2.36. The van der Waals surface area contributed by atoms with E-state index in [1.165, 1.54) is 22.5 Å². The average Bonchev–Trinajstić information content (AvgIpc) is 3.60. The van der Waals surface area contributed by atoms with Crippen molar-refractivity contribution in [3.63, 3.8) is 0 Å². The van der Waals surface area contributed by atoms with Gasteiger partial charge in [-0.25, -0.2) is 9.67 Å². The number of thiazole rings is 1. The van der Waals surface area contributed by atoms with Crippen molar-refractivity contribution in [2.45, 2.75) is 52.6 Å². The summed E-state index contributed by atoms with van der Waals surface area (Å²) in [6, 6.07) is 9.77. The van der Waals surface area contributed by atoms with E-state index in [-0.39, 0.29) is 17.5 Å². The van der Waals surface area contributed by atoms with Crippen LogP contribution in [-0.2, 0) is 5.54 Å². The van der Waals surface area contributed by atoms with E-state index in [4.69, 9.17) is 27.9 Å². The molecule has 0 radical (unpaired) electrons. The first kappa shape index (κ1) is 29.1. The van der Waals surface area contributed by atoms with E-state index in [1.807, 2.05) is 22.6 Å². The lowest BCUT2D eigenvalue weighted by molar-refractivity contribution is 0.0381. The number of carbonyl (C=O) groups is 1. The van der Waals surface area contributed by atoms with Crippen molar-refractivity contribution in [3.05, 3.63) is 79.5 Å². The second-order valence-corrected chi connectivity index (χ2v) is 13.5. The predicted molar refractivity (Wildman–Crippen MR) is 167 cm³/mol. The van der Waals surface area contributed by atoms with Gasteiger partial charge in [0.2, 0.25) is 0 Å². The Kier molecular flexibility index (Phi) is 7.81. The van der Waals surface area contributed by atoms with E-state index in [9.17, 15) is 4.79 Å². The third-order valence-electron chi connectivity index (χ3n) is 8.41. The van der Waals surface area contributed by atoms with Crippen molar-refractivity contribution < 1.29 is 9.53 Å². The minimum atomic E-state index is -0.344. The Morgan fingerprint density at radius 2 is 1.83 bits per heavy atom. The fourth-order valence-corrected chi connectivity index (χ4v) is 7.62. The second kappa shape index (κ2) is 11.3. The lowest BCUT2D eigenvalue weighted by atomic mass is 9.95. The molecule has 4 heterocycles. The molecule has 0 bridgehead atoms. The third kappa shape index (κ3) is 5.32.